The molecule has 0 unspecified atom stereocenters. The topological polar surface area (TPSA) is 29.5 Å². The van der Waals surface area contributed by atoms with Crippen molar-refractivity contribution in [3.63, 3.8) is 0 Å². The second-order valence-corrected chi connectivity index (χ2v) is 2.92. The number of ether oxygens (including phenoxy) is 1. The van der Waals surface area contributed by atoms with Crippen LogP contribution in [0, 0.1) is 6.92 Å². The van der Waals surface area contributed by atoms with E-state index in [0.717, 1.165) is 0 Å². The SMILES string of the molecule is Cc1cccc(CCO)c1OC(F)F. The maximum atomic E-state index is 12.0. The van der Waals surface area contributed by atoms with Gasteiger partial charge in [-0.2, -0.15) is 8.78 Å². The Hall–Kier alpha value is -1.16. The molecule has 2 nitrogen and oxygen atoms in total. The summed E-state index contributed by atoms with van der Waals surface area (Å²) in [4.78, 5) is 0. The summed E-state index contributed by atoms with van der Waals surface area (Å²) >= 11 is 0. The lowest BCUT2D eigenvalue weighted by Crippen LogP contribution is -2.06. The maximum absolute atomic E-state index is 12.0. The number of hydrogen-bond acceptors (Lipinski definition) is 2. The van der Waals surface area contributed by atoms with E-state index in [4.69, 9.17) is 5.11 Å². The molecule has 1 N–H and O–H groups in total. The molecule has 0 saturated carbocycles. The summed E-state index contributed by atoms with van der Waals surface area (Å²) in [6, 6.07) is 5.11. The number of rotatable bonds is 4. The number of benzene rings is 1. The fourth-order valence-electron chi connectivity index (χ4n) is 1.29. The first-order valence-electron chi connectivity index (χ1n) is 4.29. The van der Waals surface area contributed by atoms with Gasteiger partial charge in [0.05, 0.1) is 0 Å². The lowest BCUT2D eigenvalue weighted by Gasteiger charge is -2.12. The molecule has 0 bridgehead atoms. The Morgan fingerprint density at radius 1 is 1.43 bits per heavy atom. The molecule has 0 atom stereocenters. The lowest BCUT2D eigenvalue weighted by molar-refractivity contribution is -0.0509. The Morgan fingerprint density at radius 2 is 2.14 bits per heavy atom. The van der Waals surface area contributed by atoms with Gasteiger partial charge >= 0.3 is 6.61 Å². The monoisotopic (exact) mass is 202 g/mol. The third kappa shape index (κ3) is 2.67. The number of para-hydroxylation sites is 1. The average Bonchev–Trinajstić information content (AvgIpc) is 2.11. The van der Waals surface area contributed by atoms with Crippen LogP contribution < -0.4 is 4.74 Å². The molecular formula is C10H12F2O2. The van der Waals surface area contributed by atoms with Crippen molar-refractivity contribution in [2.24, 2.45) is 0 Å². The van der Waals surface area contributed by atoms with Gasteiger partial charge in [-0.25, -0.2) is 0 Å². The van der Waals surface area contributed by atoms with E-state index in [1.807, 2.05) is 0 Å². The van der Waals surface area contributed by atoms with Gasteiger partial charge in [0.15, 0.2) is 0 Å². The fourth-order valence-corrected chi connectivity index (χ4v) is 1.29. The molecule has 0 aliphatic carbocycles. The molecule has 4 heteroatoms. The number of aryl methyl sites for hydroxylation is 1. The Morgan fingerprint density at radius 3 is 2.71 bits per heavy atom. The third-order valence-electron chi connectivity index (χ3n) is 1.88. The van der Waals surface area contributed by atoms with Crippen LogP contribution in [0.3, 0.4) is 0 Å². The van der Waals surface area contributed by atoms with Crippen LogP contribution in [0.2, 0.25) is 0 Å². The molecule has 0 saturated heterocycles. The number of alkyl halides is 2. The van der Waals surface area contributed by atoms with Gasteiger partial charge in [0, 0.05) is 6.61 Å². The smallest absolute Gasteiger partial charge is 0.387 e. The summed E-state index contributed by atoms with van der Waals surface area (Å²) in [7, 11) is 0. The minimum absolute atomic E-state index is 0.0803. The van der Waals surface area contributed by atoms with Crippen LogP contribution in [0.4, 0.5) is 8.78 Å². The molecule has 0 aliphatic rings. The zero-order chi connectivity index (χ0) is 10.6. The van der Waals surface area contributed by atoms with Crippen molar-refractivity contribution < 1.29 is 18.6 Å². The van der Waals surface area contributed by atoms with Crippen molar-refractivity contribution in [3.8, 4) is 5.75 Å². The molecule has 0 heterocycles. The fraction of sp³-hybridized carbons (Fsp3) is 0.400. The molecular weight excluding hydrogens is 190 g/mol. The Bertz CT molecular complexity index is 300. The number of hydrogen-bond donors (Lipinski definition) is 1. The van der Waals surface area contributed by atoms with Crippen LogP contribution in [-0.4, -0.2) is 18.3 Å². The average molecular weight is 202 g/mol. The largest absolute Gasteiger partial charge is 0.434 e. The highest BCUT2D eigenvalue weighted by Gasteiger charge is 2.11. The van der Waals surface area contributed by atoms with Crippen LogP contribution in [0.15, 0.2) is 18.2 Å². The third-order valence-corrected chi connectivity index (χ3v) is 1.88. The number of aliphatic hydroxyl groups is 1. The van der Waals surface area contributed by atoms with E-state index >= 15 is 0 Å². The quantitative estimate of drug-likeness (QED) is 0.810. The van der Waals surface area contributed by atoms with E-state index in [1.165, 1.54) is 0 Å². The zero-order valence-corrected chi connectivity index (χ0v) is 7.84. The molecule has 0 spiro atoms. The summed E-state index contributed by atoms with van der Waals surface area (Å²) in [6.45, 7) is -1.21. The highest BCUT2D eigenvalue weighted by atomic mass is 19.3. The van der Waals surface area contributed by atoms with Gasteiger partial charge in [0.25, 0.3) is 0 Å². The minimum Gasteiger partial charge on any atom is -0.434 e. The van der Waals surface area contributed by atoms with Gasteiger partial charge in [0.2, 0.25) is 0 Å². The summed E-state index contributed by atoms with van der Waals surface area (Å²) in [6.07, 6.45) is 0.323. The molecule has 14 heavy (non-hydrogen) atoms. The van der Waals surface area contributed by atoms with Crippen LogP contribution in [-0.2, 0) is 6.42 Å². The minimum atomic E-state index is -2.83. The van der Waals surface area contributed by atoms with E-state index in [-0.39, 0.29) is 12.4 Å². The first kappa shape index (κ1) is 10.9. The normalized spacial score (nSPS) is 10.6. The Kier molecular flexibility index (Phi) is 3.83. The zero-order valence-electron chi connectivity index (χ0n) is 7.84. The van der Waals surface area contributed by atoms with Crippen LogP contribution >= 0.6 is 0 Å². The Labute approximate surface area is 81.1 Å². The molecule has 1 aromatic carbocycles. The van der Waals surface area contributed by atoms with Gasteiger partial charge in [-0.3, -0.25) is 0 Å². The van der Waals surface area contributed by atoms with Crippen LogP contribution in [0.25, 0.3) is 0 Å². The van der Waals surface area contributed by atoms with E-state index in [9.17, 15) is 8.78 Å². The van der Waals surface area contributed by atoms with E-state index in [1.54, 1.807) is 25.1 Å². The summed E-state index contributed by atoms with van der Waals surface area (Å²) in [5.41, 5.74) is 1.25. The van der Waals surface area contributed by atoms with Crippen molar-refractivity contribution in [1.82, 2.24) is 0 Å². The number of aliphatic hydroxyl groups excluding tert-OH is 1. The lowest BCUT2D eigenvalue weighted by atomic mass is 10.1. The predicted molar refractivity (Wildman–Crippen MR) is 48.6 cm³/mol. The van der Waals surface area contributed by atoms with Crippen LogP contribution in [0.5, 0.6) is 5.75 Å². The molecule has 0 fully saturated rings. The predicted octanol–water partition coefficient (Wildman–Crippen LogP) is 2.13. The van der Waals surface area contributed by atoms with Gasteiger partial charge in [0.1, 0.15) is 5.75 Å². The van der Waals surface area contributed by atoms with Crippen molar-refractivity contribution in [1.29, 1.82) is 0 Å². The summed E-state index contributed by atoms with van der Waals surface area (Å²) < 4.78 is 28.5. The van der Waals surface area contributed by atoms with E-state index in [0.29, 0.717) is 17.5 Å². The van der Waals surface area contributed by atoms with Gasteiger partial charge in [-0.1, -0.05) is 18.2 Å². The van der Waals surface area contributed by atoms with Crippen molar-refractivity contribution in [3.05, 3.63) is 29.3 Å². The molecule has 0 aliphatic heterocycles. The Balaban J connectivity index is 2.96. The maximum Gasteiger partial charge on any atom is 0.387 e. The molecule has 78 valence electrons. The van der Waals surface area contributed by atoms with Crippen molar-refractivity contribution in [2.45, 2.75) is 20.0 Å². The molecule has 1 rings (SSSR count). The van der Waals surface area contributed by atoms with Crippen LogP contribution in [0.1, 0.15) is 11.1 Å². The summed E-state index contributed by atoms with van der Waals surface area (Å²) in [5, 5.41) is 8.73. The molecule has 1 aromatic rings. The second-order valence-electron chi connectivity index (χ2n) is 2.92. The van der Waals surface area contributed by atoms with E-state index < -0.39 is 6.61 Å². The molecule has 0 amide bonds. The van der Waals surface area contributed by atoms with Gasteiger partial charge in [-0.05, 0) is 24.5 Å². The summed E-state index contributed by atoms with van der Waals surface area (Å²) in [5.74, 6) is 0.177. The van der Waals surface area contributed by atoms with Gasteiger partial charge in [-0.15, -0.1) is 0 Å². The number of halogens is 2. The molecule has 0 radical (unpaired) electrons. The second kappa shape index (κ2) is 4.91. The van der Waals surface area contributed by atoms with Gasteiger partial charge < -0.3 is 9.84 Å². The first-order valence-corrected chi connectivity index (χ1v) is 4.29. The standard InChI is InChI=1S/C10H12F2O2/c1-7-3-2-4-8(5-6-13)9(7)14-10(11)12/h2-4,10,13H,5-6H2,1H3. The van der Waals surface area contributed by atoms with E-state index in [2.05, 4.69) is 4.74 Å². The van der Waals surface area contributed by atoms with Crippen molar-refractivity contribution in [2.75, 3.05) is 6.61 Å². The first-order chi connectivity index (χ1) is 6.65. The molecule has 0 aromatic heterocycles. The highest BCUT2D eigenvalue weighted by Crippen LogP contribution is 2.25. The highest BCUT2D eigenvalue weighted by molar-refractivity contribution is 5.40. The van der Waals surface area contributed by atoms with Crippen molar-refractivity contribution >= 4 is 0 Å².